The molecular weight excluding hydrogens is 362 g/mol. The molecule has 0 N–H and O–H groups in total. The molecule has 0 radical (unpaired) electrons. The molecule has 0 aliphatic carbocycles. The average Bonchev–Trinajstić information content (AvgIpc) is 3.14. The van der Waals surface area contributed by atoms with Crippen LogP contribution in [0.4, 0.5) is 0 Å². The Bertz CT molecular complexity index is 844. The van der Waals surface area contributed by atoms with E-state index in [1.54, 1.807) is 24.3 Å². The molecule has 5 heteroatoms. The molecule has 27 heavy (non-hydrogen) atoms. The van der Waals surface area contributed by atoms with Gasteiger partial charge in [0.25, 0.3) is 0 Å². The summed E-state index contributed by atoms with van der Waals surface area (Å²) in [7, 11) is 1.35. The van der Waals surface area contributed by atoms with Crippen LogP contribution in [0.15, 0.2) is 65.9 Å². The van der Waals surface area contributed by atoms with Gasteiger partial charge in [-0.25, -0.2) is 4.79 Å². The van der Waals surface area contributed by atoms with Crippen molar-refractivity contribution in [2.45, 2.75) is 25.8 Å². The van der Waals surface area contributed by atoms with Gasteiger partial charge < -0.3 is 9.64 Å². The number of nitrogens with zero attached hydrogens (tertiary/aromatic N) is 1. The van der Waals surface area contributed by atoms with E-state index in [0.717, 1.165) is 25.1 Å². The van der Waals surface area contributed by atoms with Crippen LogP contribution < -0.4 is 0 Å². The number of esters is 1. The second-order valence-electron chi connectivity index (χ2n) is 6.53. The monoisotopic (exact) mass is 383 g/mol. The van der Waals surface area contributed by atoms with Crippen molar-refractivity contribution in [2.24, 2.45) is 0 Å². The summed E-state index contributed by atoms with van der Waals surface area (Å²) in [5, 5.41) is 0.572. The second-order valence-corrected chi connectivity index (χ2v) is 6.97. The Morgan fingerprint density at radius 3 is 2.44 bits per heavy atom. The van der Waals surface area contributed by atoms with Crippen molar-refractivity contribution in [2.75, 3.05) is 13.7 Å². The van der Waals surface area contributed by atoms with E-state index in [2.05, 4.69) is 17.0 Å². The van der Waals surface area contributed by atoms with E-state index in [0.29, 0.717) is 22.7 Å². The highest BCUT2D eigenvalue weighted by Gasteiger charge is 2.27. The molecule has 0 aromatic heterocycles. The molecule has 0 spiro atoms. The first-order chi connectivity index (χ1) is 13.1. The summed E-state index contributed by atoms with van der Waals surface area (Å²) in [5.41, 5.74) is 3.07. The largest absolute Gasteiger partial charge is 0.466 e. The molecule has 1 aliphatic rings. The number of likely N-dealkylation sites (tertiary alicyclic amines) is 1. The van der Waals surface area contributed by atoms with E-state index in [1.807, 2.05) is 18.2 Å². The summed E-state index contributed by atoms with van der Waals surface area (Å²) in [4.78, 5) is 27.3. The minimum Gasteiger partial charge on any atom is -0.466 e. The quantitative estimate of drug-likeness (QED) is 0.414. The van der Waals surface area contributed by atoms with Gasteiger partial charge in [-0.1, -0.05) is 41.9 Å². The lowest BCUT2D eigenvalue weighted by molar-refractivity contribution is -0.136. The fourth-order valence-corrected chi connectivity index (χ4v) is 3.49. The van der Waals surface area contributed by atoms with Gasteiger partial charge in [0.05, 0.1) is 12.7 Å². The lowest BCUT2D eigenvalue weighted by Gasteiger charge is -2.23. The van der Waals surface area contributed by atoms with Crippen LogP contribution in [0.25, 0.3) is 0 Å². The Morgan fingerprint density at radius 2 is 1.78 bits per heavy atom. The van der Waals surface area contributed by atoms with Crippen LogP contribution in [0.2, 0.25) is 5.02 Å². The number of Topliss-reactive ketones (excluding diaryl/α,β-unsaturated/α-hetero) is 1. The lowest BCUT2D eigenvalue weighted by Crippen LogP contribution is -2.22. The van der Waals surface area contributed by atoms with Crippen LogP contribution in [0, 0.1) is 0 Å². The number of ether oxygens (including phenoxy) is 1. The summed E-state index contributed by atoms with van der Waals surface area (Å²) in [6.45, 7) is 1.58. The van der Waals surface area contributed by atoms with E-state index in [1.165, 1.54) is 12.7 Å². The molecule has 0 unspecified atom stereocenters. The van der Waals surface area contributed by atoms with Crippen LogP contribution in [0.5, 0.6) is 0 Å². The van der Waals surface area contributed by atoms with Gasteiger partial charge in [-0.3, -0.25) is 4.79 Å². The van der Waals surface area contributed by atoms with Gasteiger partial charge in [0.1, 0.15) is 0 Å². The maximum atomic E-state index is 12.7. The molecule has 0 amide bonds. The minimum atomic E-state index is -0.438. The van der Waals surface area contributed by atoms with Gasteiger partial charge in [0, 0.05) is 35.8 Å². The molecular formula is C22H22ClNO3. The molecule has 2 aromatic carbocycles. The van der Waals surface area contributed by atoms with Crippen LogP contribution >= 0.6 is 11.6 Å². The molecule has 140 valence electrons. The maximum absolute atomic E-state index is 12.7. The van der Waals surface area contributed by atoms with Crippen LogP contribution in [0.3, 0.4) is 0 Å². The van der Waals surface area contributed by atoms with E-state index in [-0.39, 0.29) is 12.2 Å². The first kappa shape index (κ1) is 19.2. The van der Waals surface area contributed by atoms with Gasteiger partial charge in [0.2, 0.25) is 0 Å². The zero-order valence-corrected chi connectivity index (χ0v) is 16.0. The predicted octanol–water partition coefficient (Wildman–Crippen LogP) is 4.64. The summed E-state index contributed by atoms with van der Waals surface area (Å²) in [5.74, 6) is -0.557. The third-order valence-corrected chi connectivity index (χ3v) is 4.98. The van der Waals surface area contributed by atoms with Crippen molar-refractivity contribution < 1.29 is 14.3 Å². The molecule has 0 saturated carbocycles. The number of ketones is 1. The minimum absolute atomic E-state index is 0.0227. The molecule has 1 saturated heterocycles. The summed E-state index contributed by atoms with van der Waals surface area (Å²) in [6.07, 6.45) is 1.75. The third kappa shape index (κ3) is 4.77. The number of hydrogen-bond acceptors (Lipinski definition) is 4. The van der Waals surface area contributed by atoms with Crippen LogP contribution in [-0.2, 0) is 16.1 Å². The van der Waals surface area contributed by atoms with Gasteiger partial charge in [0.15, 0.2) is 5.78 Å². The highest BCUT2D eigenvalue weighted by molar-refractivity contribution is 6.30. The molecule has 0 bridgehead atoms. The number of methoxy groups -OCH3 is 1. The van der Waals surface area contributed by atoms with E-state index in [4.69, 9.17) is 16.3 Å². The zero-order chi connectivity index (χ0) is 19.2. The third-order valence-electron chi connectivity index (χ3n) is 4.72. The normalized spacial score (nSPS) is 15.6. The highest BCUT2D eigenvalue weighted by Crippen LogP contribution is 2.29. The first-order valence-electron chi connectivity index (χ1n) is 8.96. The number of carbonyl (C=O) groups excluding carboxylic acids is 2. The summed E-state index contributed by atoms with van der Waals surface area (Å²) < 4.78 is 4.98. The van der Waals surface area contributed by atoms with Gasteiger partial charge in [-0.05, 0) is 42.7 Å². The number of hydrogen-bond donors (Lipinski definition) is 0. The van der Waals surface area contributed by atoms with Gasteiger partial charge >= 0.3 is 5.97 Å². The molecule has 1 fully saturated rings. The smallest absolute Gasteiger partial charge is 0.335 e. The molecule has 1 aliphatic heterocycles. The van der Waals surface area contributed by atoms with Crippen molar-refractivity contribution in [1.29, 1.82) is 0 Å². The summed E-state index contributed by atoms with van der Waals surface area (Å²) in [6, 6.07) is 16.8. The second kappa shape index (κ2) is 8.87. The predicted molar refractivity (Wildman–Crippen MR) is 106 cm³/mol. The standard InChI is InChI=1S/C22H22ClNO3/c1-27-22(26)19(14-21(25)17-9-11-18(23)12-10-17)20-8-5-13-24(20)15-16-6-3-2-4-7-16/h2-4,6-7,9-12H,5,8,13-15H2,1H3/b20-19+. The average molecular weight is 384 g/mol. The lowest BCUT2D eigenvalue weighted by atomic mass is 10.0. The number of benzene rings is 2. The van der Waals surface area contributed by atoms with Crippen molar-refractivity contribution in [3.63, 3.8) is 0 Å². The Labute approximate surface area is 164 Å². The topological polar surface area (TPSA) is 46.6 Å². The Kier molecular flexibility index (Phi) is 6.30. The molecule has 2 aromatic rings. The Hall–Kier alpha value is -2.59. The number of allylic oxidation sites excluding steroid dienone is 1. The Morgan fingerprint density at radius 1 is 1.07 bits per heavy atom. The van der Waals surface area contributed by atoms with E-state index < -0.39 is 5.97 Å². The fraction of sp³-hybridized carbons (Fsp3) is 0.273. The number of rotatable bonds is 6. The van der Waals surface area contributed by atoms with E-state index >= 15 is 0 Å². The van der Waals surface area contributed by atoms with E-state index in [9.17, 15) is 9.59 Å². The fourth-order valence-electron chi connectivity index (χ4n) is 3.36. The Balaban J connectivity index is 1.86. The molecule has 1 heterocycles. The number of halogens is 1. The highest BCUT2D eigenvalue weighted by atomic mass is 35.5. The van der Waals surface area contributed by atoms with Gasteiger partial charge in [-0.15, -0.1) is 0 Å². The van der Waals surface area contributed by atoms with Crippen molar-refractivity contribution in [1.82, 2.24) is 4.90 Å². The number of carbonyl (C=O) groups is 2. The van der Waals surface area contributed by atoms with Crippen molar-refractivity contribution >= 4 is 23.4 Å². The van der Waals surface area contributed by atoms with Crippen LogP contribution in [0.1, 0.15) is 35.2 Å². The maximum Gasteiger partial charge on any atom is 0.335 e. The van der Waals surface area contributed by atoms with Gasteiger partial charge in [-0.2, -0.15) is 0 Å². The van der Waals surface area contributed by atoms with Crippen molar-refractivity contribution in [3.05, 3.63) is 82.0 Å². The molecule has 0 atom stereocenters. The molecule has 3 rings (SSSR count). The summed E-state index contributed by atoms with van der Waals surface area (Å²) >= 11 is 5.89. The SMILES string of the molecule is COC(=O)/C(CC(=O)c1ccc(Cl)cc1)=C1\CCCN1Cc1ccccc1. The zero-order valence-electron chi connectivity index (χ0n) is 15.3. The first-order valence-corrected chi connectivity index (χ1v) is 9.34. The molecule has 4 nitrogen and oxygen atoms in total. The van der Waals surface area contributed by atoms with Crippen LogP contribution in [-0.4, -0.2) is 30.3 Å². The van der Waals surface area contributed by atoms with Crippen molar-refractivity contribution in [3.8, 4) is 0 Å².